The summed E-state index contributed by atoms with van der Waals surface area (Å²) in [7, 11) is 0. The first-order valence-electron chi connectivity index (χ1n) is 15.3. The number of amides is 1. The number of halogens is 1. The SMILES string of the molecule is CC1CC(C(NC(=O)C2CC(Cn3ccoc3=N)CC(C3CCNC4CCCC43)C2)C2CC2)CCC1F. The zero-order valence-electron chi connectivity index (χ0n) is 22.5. The third-order valence-electron chi connectivity index (χ3n) is 11.0. The predicted molar refractivity (Wildman–Crippen MR) is 140 cm³/mol. The summed E-state index contributed by atoms with van der Waals surface area (Å²) in [6.45, 7) is 3.91. The van der Waals surface area contributed by atoms with Crippen molar-refractivity contribution in [3.8, 4) is 0 Å². The predicted octanol–water partition coefficient (Wildman–Crippen LogP) is 5.04. The number of hydrogen-bond donors (Lipinski definition) is 3. The Bertz CT molecular complexity index is 988. The fraction of sp³-hybridized carbons (Fsp3) is 0.867. The Morgan fingerprint density at radius 2 is 1.95 bits per heavy atom. The minimum atomic E-state index is -0.682. The fourth-order valence-corrected chi connectivity index (χ4v) is 9.00. The van der Waals surface area contributed by atoms with Crippen LogP contribution in [0, 0.1) is 52.8 Å². The summed E-state index contributed by atoms with van der Waals surface area (Å²) in [5, 5.41) is 15.5. The molecule has 10 unspecified atom stereocenters. The summed E-state index contributed by atoms with van der Waals surface area (Å²) in [6.07, 6.45) is 15.9. The zero-order chi connectivity index (χ0) is 25.5. The molecule has 5 aliphatic rings. The van der Waals surface area contributed by atoms with E-state index < -0.39 is 6.17 Å². The van der Waals surface area contributed by atoms with Crippen molar-refractivity contribution in [2.24, 2.45) is 47.3 Å². The highest BCUT2D eigenvalue weighted by atomic mass is 19.1. The van der Waals surface area contributed by atoms with Gasteiger partial charge in [-0.1, -0.05) is 13.3 Å². The molecule has 0 bridgehead atoms. The van der Waals surface area contributed by atoms with E-state index in [0.717, 1.165) is 51.1 Å². The summed E-state index contributed by atoms with van der Waals surface area (Å²) >= 11 is 0. The normalized spacial score (nSPS) is 41.2. The van der Waals surface area contributed by atoms with Crippen LogP contribution in [-0.2, 0) is 11.3 Å². The maximum absolute atomic E-state index is 14.2. The molecule has 1 aromatic rings. The first-order valence-corrected chi connectivity index (χ1v) is 15.3. The van der Waals surface area contributed by atoms with Crippen LogP contribution >= 0.6 is 0 Å². The molecule has 1 amide bonds. The van der Waals surface area contributed by atoms with Gasteiger partial charge in [0.05, 0.1) is 0 Å². The van der Waals surface area contributed by atoms with Crippen LogP contribution in [0.5, 0.6) is 0 Å². The molecule has 7 heteroatoms. The van der Waals surface area contributed by atoms with Crippen LogP contribution in [0.15, 0.2) is 16.9 Å². The van der Waals surface area contributed by atoms with Crippen LogP contribution in [-0.4, -0.2) is 35.3 Å². The molecule has 6 rings (SSSR count). The van der Waals surface area contributed by atoms with Gasteiger partial charge >= 0.3 is 0 Å². The Morgan fingerprint density at radius 3 is 2.70 bits per heavy atom. The van der Waals surface area contributed by atoms with Crippen LogP contribution in [0.2, 0.25) is 0 Å². The van der Waals surface area contributed by atoms with Gasteiger partial charge < -0.3 is 15.1 Å². The molecule has 1 aromatic heterocycles. The average molecular weight is 515 g/mol. The van der Waals surface area contributed by atoms with Crippen LogP contribution in [0.4, 0.5) is 4.39 Å². The topological polar surface area (TPSA) is 83.1 Å². The van der Waals surface area contributed by atoms with Crippen molar-refractivity contribution in [2.45, 2.75) is 109 Å². The lowest BCUT2D eigenvalue weighted by Gasteiger charge is -2.45. The smallest absolute Gasteiger partial charge is 0.293 e. The van der Waals surface area contributed by atoms with Crippen molar-refractivity contribution in [1.29, 1.82) is 5.41 Å². The zero-order valence-corrected chi connectivity index (χ0v) is 22.5. The molecular weight excluding hydrogens is 467 g/mol. The number of nitrogens with zero attached hydrogens (tertiary/aromatic N) is 1. The van der Waals surface area contributed by atoms with Gasteiger partial charge in [-0.2, -0.15) is 0 Å². The van der Waals surface area contributed by atoms with Gasteiger partial charge in [-0.15, -0.1) is 0 Å². The molecule has 206 valence electrons. The van der Waals surface area contributed by atoms with E-state index in [0.29, 0.717) is 42.1 Å². The van der Waals surface area contributed by atoms with E-state index in [1.54, 1.807) is 6.26 Å². The fourth-order valence-electron chi connectivity index (χ4n) is 9.00. The number of hydrogen-bond acceptors (Lipinski definition) is 4. The van der Waals surface area contributed by atoms with Crippen molar-refractivity contribution in [2.75, 3.05) is 6.54 Å². The van der Waals surface area contributed by atoms with E-state index in [9.17, 15) is 9.18 Å². The number of rotatable bonds is 7. The summed E-state index contributed by atoms with van der Waals surface area (Å²) in [5.41, 5.74) is 0.201. The lowest BCUT2D eigenvalue weighted by Crippen LogP contribution is -2.50. The van der Waals surface area contributed by atoms with Gasteiger partial charge in [0, 0.05) is 30.7 Å². The maximum Gasteiger partial charge on any atom is 0.293 e. The Hall–Kier alpha value is -1.63. The van der Waals surface area contributed by atoms with Crippen LogP contribution in [0.3, 0.4) is 0 Å². The minimum Gasteiger partial charge on any atom is -0.432 e. The van der Waals surface area contributed by atoms with Crippen LogP contribution < -0.4 is 16.3 Å². The summed E-state index contributed by atoms with van der Waals surface area (Å²) in [5.74, 6) is 3.82. The molecule has 4 aliphatic carbocycles. The van der Waals surface area contributed by atoms with Gasteiger partial charge in [-0.05, 0) is 119 Å². The molecule has 6 nitrogen and oxygen atoms in total. The van der Waals surface area contributed by atoms with Gasteiger partial charge in [0.25, 0.3) is 5.68 Å². The molecule has 37 heavy (non-hydrogen) atoms. The number of aromatic nitrogens is 1. The lowest BCUT2D eigenvalue weighted by molar-refractivity contribution is -0.129. The van der Waals surface area contributed by atoms with Crippen molar-refractivity contribution >= 4 is 5.91 Å². The molecule has 0 aromatic carbocycles. The molecule has 3 N–H and O–H groups in total. The summed E-state index contributed by atoms with van der Waals surface area (Å²) in [6, 6.07) is 0.892. The quantitative estimate of drug-likeness (QED) is 0.477. The number of carbonyl (C=O) groups excluding carboxylic acids is 1. The summed E-state index contributed by atoms with van der Waals surface area (Å²) in [4.78, 5) is 13.9. The minimum absolute atomic E-state index is 0.0383. The Morgan fingerprint density at radius 1 is 1.11 bits per heavy atom. The van der Waals surface area contributed by atoms with E-state index in [-0.39, 0.29) is 29.5 Å². The second-order valence-electron chi connectivity index (χ2n) is 13.4. The molecule has 1 saturated heterocycles. The molecule has 0 spiro atoms. The second kappa shape index (κ2) is 10.9. The van der Waals surface area contributed by atoms with Crippen LogP contribution in [0.25, 0.3) is 0 Å². The number of alkyl halides is 1. The maximum atomic E-state index is 14.2. The van der Waals surface area contributed by atoms with Gasteiger partial charge in [-0.3, -0.25) is 14.8 Å². The van der Waals surface area contributed by atoms with E-state index in [2.05, 4.69) is 10.6 Å². The number of carbonyl (C=O) groups is 1. The molecule has 1 aliphatic heterocycles. The van der Waals surface area contributed by atoms with E-state index >= 15 is 0 Å². The van der Waals surface area contributed by atoms with Gasteiger partial charge in [0.1, 0.15) is 12.4 Å². The lowest BCUT2D eigenvalue weighted by atomic mass is 9.64. The number of piperidine rings is 1. The third kappa shape index (κ3) is 5.58. The Labute approximate surface area is 221 Å². The van der Waals surface area contributed by atoms with Crippen molar-refractivity contribution < 1.29 is 13.6 Å². The van der Waals surface area contributed by atoms with Crippen molar-refractivity contribution in [3.05, 3.63) is 18.1 Å². The number of oxazole rings is 1. The van der Waals surface area contributed by atoms with Crippen molar-refractivity contribution in [1.82, 2.24) is 15.2 Å². The van der Waals surface area contributed by atoms with Gasteiger partial charge in [0.15, 0.2) is 0 Å². The highest BCUT2D eigenvalue weighted by Crippen LogP contribution is 2.48. The van der Waals surface area contributed by atoms with E-state index in [4.69, 9.17) is 9.83 Å². The third-order valence-corrected chi connectivity index (χ3v) is 11.0. The number of fused-ring (bicyclic) bond motifs is 1. The first-order chi connectivity index (χ1) is 18.0. The standard InChI is InChI=1S/C30H47FN4O2/c1-18-13-21(7-8-26(18)31)28(20-5-6-20)34-29(36)23-15-19(17-35-11-12-37-30(35)32)14-22(16-23)24-9-10-33-27-4-2-3-25(24)27/h11-12,18-28,32-33H,2-10,13-17H2,1H3,(H,34,36). The molecule has 5 fully saturated rings. The van der Waals surface area contributed by atoms with E-state index in [1.807, 2.05) is 17.7 Å². The number of nitrogens with one attached hydrogen (secondary N) is 3. The monoisotopic (exact) mass is 514 g/mol. The second-order valence-corrected chi connectivity index (χ2v) is 13.4. The average Bonchev–Trinajstić information content (AvgIpc) is 3.48. The van der Waals surface area contributed by atoms with Crippen LogP contribution in [0.1, 0.15) is 84.0 Å². The Kier molecular flexibility index (Phi) is 7.52. The highest BCUT2D eigenvalue weighted by Gasteiger charge is 2.46. The largest absolute Gasteiger partial charge is 0.432 e. The van der Waals surface area contributed by atoms with E-state index in [1.165, 1.54) is 38.5 Å². The van der Waals surface area contributed by atoms with Gasteiger partial charge in [-0.25, -0.2) is 4.39 Å². The molecule has 10 atom stereocenters. The molecule has 2 heterocycles. The summed E-state index contributed by atoms with van der Waals surface area (Å²) < 4.78 is 21.4. The first kappa shape index (κ1) is 25.6. The molecular formula is C30H47FN4O2. The Balaban J connectivity index is 1.18. The molecule has 0 radical (unpaired) electrons. The van der Waals surface area contributed by atoms with Gasteiger partial charge in [0.2, 0.25) is 5.91 Å². The molecule has 4 saturated carbocycles. The highest BCUT2D eigenvalue weighted by molar-refractivity contribution is 5.79. The van der Waals surface area contributed by atoms with Crippen molar-refractivity contribution in [3.63, 3.8) is 0 Å².